The average Bonchev–Trinajstić information content (AvgIpc) is 2.85. The van der Waals surface area contributed by atoms with Gasteiger partial charge in [0.25, 0.3) is 11.8 Å². The minimum atomic E-state index is -0.379. The van der Waals surface area contributed by atoms with Gasteiger partial charge in [-0.25, -0.2) is 4.98 Å². The van der Waals surface area contributed by atoms with Crippen molar-refractivity contribution in [3.8, 4) is 0 Å². The van der Waals surface area contributed by atoms with E-state index < -0.39 is 0 Å². The molecule has 2 rings (SSSR count). The van der Waals surface area contributed by atoms with Crippen molar-refractivity contribution in [1.29, 1.82) is 0 Å². The summed E-state index contributed by atoms with van der Waals surface area (Å²) in [5.41, 5.74) is 2.47. The second kappa shape index (κ2) is 7.29. The van der Waals surface area contributed by atoms with Gasteiger partial charge in [-0.05, 0) is 37.5 Å². The fraction of sp³-hybridized carbons (Fsp3) is 0.389. The van der Waals surface area contributed by atoms with Gasteiger partial charge in [-0.2, -0.15) is 0 Å². The lowest BCUT2D eigenvalue weighted by Crippen LogP contribution is -2.27. The molecule has 0 fully saturated rings. The van der Waals surface area contributed by atoms with Crippen LogP contribution >= 0.6 is 0 Å². The highest BCUT2D eigenvalue weighted by atomic mass is 16.4. The maximum absolute atomic E-state index is 12.4. The van der Waals surface area contributed by atoms with Crippen molar-refractivity contribution in [2.45, 2.75) is 34.6 Å². The first-order valence-electron chi connectivity index (χ1n) is 7.92. The van der Waals surface area contributed by atoms with Crippen LogP contribution in [-0.4, -0.2) is 23.3 Å². The molecule has 2 amide bonds. The van der Waals surface area contributed by atoms with Gasteiger partial charge < -0.3 is 15.1 Å². The van der Waals surface area contributed by atoms with Crippen molar-refractivity contribution < 1.29 is 14.0 Å². The van der Waals surface area contributed by atoms with Gasteiger partial charge in [-0.15, -0.1) is 0 Å². The zero-order chi connectivity index (χ0) is 17.9. The number of nitrogens with one attached hydrogen (secondary N) is 2. The van der Waals surface area contributed by atoms with E-state index in [0.29, 0.717) is 35.3 Å². The molecule has 0 atom stereocenters. The molecular weight excluding hydrogens is 306 g/mol. The summed E-state index contributed by atoms with van der Waals surface area (Å²) in [6.07, 6.45) is 0. The van der Waals surface area contributed by atoms with Crippen molar-refractivity contribution in [3.63, 3.8) is 0 Å². The molecule has 1 aromatic heterocycles. The quantitative estimate of drug-likeness (QED) is 0.882. The van der Waals surface area contributed by atoms with Crippen LogP contribution < -0.4 is 10.6 Å². The van der Waals surface area contributed by atoms with Crippen molar-refractivity contribution in [3.05, 3.63) is 46.7 Å². The zero-order valence-corrected chi connectivity index (χ0v) is 14.7. The fourth-order valence-corrected chi connectivity index (χ4v) is 2.22. The Bertz CT molecular complexity index is 763. The molecule has 0 radical (unpaired) electrons. The Morgan fingerprint density at radius 2 is 1.88 bits per heavy atom. The van der Waals surface area contributed by atoms with Crippen LogP contribution in [0.3, 0.4) is 0 Å². The minimum Gasteiger partial charge on any atom is -0.436 e. The van der Waals surface area contributed by atoms with Gasteiger partial charge in [0, 0.05) is 24.7 Å². The summed E-state index contributed by atoms with van der Waals surface area (Å²) in [7, 11) is 0. The number of carbonyl (C=O) groups is 2. The summed E-state index contributed by atoms with van der Waals surface area (Å²) in [6.45, 7) is 9.93. The van der Waals surface area contributed by atoms with Crippen molar-refractivity contribution in [2.75, 3.05) is 11.9 Å². The first-order chi connectivity index (χ1) is 11.3. The number of aryl methyl sites for hydroxylation is 3. The van der Waals surface area contributed by atoms with E-state index in [0.717, 1.165) is 5.56 Å². The number of amides is 2. The Hall–Kier alpha value is -2.63. The molecule has 0 saturated carbocycles. The highest BCUT2D eigenvalue weighted by Crippen LogP contribution is 2.19. The van der Waals surface area contributed by atoms with Gasteiger partial charge >= 0.3 is 0 Å². The van der Waals surface area contributed by atoms with Gasteiger partial charge in [0.2, 0.25) is 5.76 Å². The molecular formula is C18H23N3O3. The van der Waals surface area contributed by atoms with E-state index in [2.05, 4.69) is 15.6 Å². The summed E-state index contributed by atoms with van der Waals surface area (Å²) in [4.78, 5) is 28.6. The van der Waals surface area contributed by atoms with Crippen LogP contribution in [0.4, 0.5) is 5.69 Å². The van der Waals surface area contributed by atoms with Crippen molar-refractivity contribution in [2.24, 2.45) is 5.92 Å². The lowest BCUT2D eigenvalue weighted by molar-refractivity contribution is 0.0947. The van der Waals surface area contributed by atoms with Gasteiger partial charge in [-0.3, -0.25) is 9.59 Å². The topological polar surface area (TPSA) is 84.2 Å². The molecule has 2 N–H and O–H groups in total. The average molecular weight is 329 g/mol. The van der Waals surface area contributed by atoms with Crippen LogP contribution in [0.1, 0.15) is 51.9 Å². The van der Waals surface area contributed by atoms with E-state index in [4.69, 9.17) is 4.42 Å². The first-order valence-corrected chi connectivity index (χ1v) is 7.92. The van der Waals surface area contributed by atoms with E-state index in [1.165, 1.54) is 0 Å². The molecule has 0 aliphatic rings. The molecule has 6 heteroatoms. The lowest BCUT2D eigenvalue weighted by Gasteiger charge is -2.11. The van der Waals surface area contributed by atoms with E-state index in [-0.39, 0.29) is 17.6 Å². The van der Waals surface area contributed by atoms with Gasteiger partial charge in [0.05, 0.1) is 5.69 Å². The van der Waals surface area contributed by atoms with Gasteiger partial charge in [-0.1, -0.05) is 19.9 Å². The van der Waals surface area contributed by atoms with Crippen LogP contribution in [0.15, 0.2) is 22.6 Å². The highest BCUT2D eigenvalue weighted by molar-refractivity contribution is 6.04. The Balaban J connectivity index is 2.18. The normalized spacial score (nSPS) is 10.8. The molecule has 0 saturated heterocycles. The van der Waals surface area contributed by atoms with E-state index in [1.54, 1.807) is 32.0 Å². The van der Waals surface area contributed by atoms with E-state index in [9.17, 15) is 9.59 Å². The first kappa shape index (κ1) is 17.7. The molecule has 2 aromatic rings. The molecule has 128 valence electrons. The van der Waals surface area contributed by atoms with Crippen LogP contribution in [0.2, 0.25) is 0 Å². The van der Waals surface area contributed by atoms with Crippen LogP contribution in [-0.2, 0) is 0 Å². The number of rotatable bonds is 5. The summed E-state index contributed by atoms with van der Waals surface area (Å²) in [5, 5.41) is 5.65. The Morgan fingerprint density at radius 1 is 1.17 bits per heavy atom. The number of benzene rings is 1. The molecule has 24 heavy (non-hydrogen) atoms. The van der Waals surface area contributed by atoms with Crippen LogP contribution in [0, 0.1) is 26.7 Å². The largest absolute Gasteiger partial charge is 0.436 e. The zero-order valence-electron chi connectivity index (χ0n) is 14.7. The molecule has 0 spiro atoms. The third-order valence-electron chi connectivity index (χ3n) is 3.53. The van der Waals surface area contributed by atoms with Gasteiger partial charge in [0.1, 0.15) is 0 Å². The summed E-state index contributed by atoms with van der Waals surface area (Å²) >= 11 is 0. The number of aromatic nitrogens is 1. The van der Waals surface area contributed by atoms with Crippen molar-refractivity contribution in [1.82, 2.24) is 10.3 Å². The van der Waals surface area contributed by atoms with Crippen LogP contribution in [0.5, 0.6) is 0 Å². The SMILES string of the molecule is Cc1nc(C)c(C(=O)Nc2cc(C(=O)NCC(C)C)ccc2C)o1. The van der Waals surface area contributed by atoms with Crippen molar-refractivity contribution >= 4 is 17.5 Å². The lowest BCUT2D eigenvalue weighted by atomic mass is 10.1. The molecule has 6 nitrogen and oxygen atoms in total. The fourth-order valence-electron chi connectivity index (χ4n) is 2.22. The third kappa shape index (κ3) is 4.22. The summed E-state index contributed by atoms with van der Waals surface area (Å²) in [6, 6.07) is 5.21. The van der Waals surface area contributed by atoms with Gasteiger partial charge in [0.15, 0.2) is 5.89 Å². The highest BCUT2D eigenvalue weighted by Gasteiger charge is 2.17. The molecule has 1 heterocycles. The smallest absolute Gasteiger partial charge is 0.293 e. The number of hydrogen-bond donors (Lipinski definition) is 2. The van der Waals surface area contributed by atoms with Crippen LogP contribution in [0.25, 0.3) is 0 Å². The number of carbonyl (C=O) groups excluding carboxylic acids is 2. The second-order valence-corrected chi connectivity index (χ2v) is 6.24. The minimum absolute atomic E-state index is 0.161. The Morgan fingerprint density at radius 3 is 2.46 bits per heavy atom. The number of oxazole rings is 1. The molecule has 0 bridgehead atoms. The number of hydrogen-bond acceptors (Lipinski definition) is 4. The summed E-state index contributed by atoms with van der Waals surface area (Å²) in [5.74, 6) is 0.454. The second-order valence-electron chi connectivity index (χ2n) is 6.24. The van der Waals surface area contributed by atoms with E-state index >= 15 is 0 Å². The number of anilines is 1. The molecule has 1 aromatic carbocycles. The maximum Gasteiger partial charge on any atom is 0.293 e. The Labute approximate surface area is 141 Å². The maximum atomic E-state index is 12.4. The summed E-state index contributed by atoms with van der Waals surface area (Å²) < 4.78 is 5.33. The van der Waals surface area contributed by atoms with E-state index in [1.807, 2.05) is 20.8 Å². The molecule has 0 aliphatic heterocycles. The Kier molecular flexibility index (Phi) is 5.39. The third-order valence-corrected chi connectivity index (χ3v) is 3.53. The predicted octanol–water partition coefficient (Wildman–Crippen LogP) is 3.24. The standard InChI is InChI=1S/C18H23N3O3/c1-10(2)9-19-17(22)14-7-6-11(3)15(8-14)21-18(23)16-12(4)20-13(5)24-16/h6-8,10H,9H2,1-5H3,(H,19,22)(H,21,23). The monoisotopic (exact) mass is 329 g/mol. The molecule has 0 unspecified atom stereocenters. The molecule has 0 aliphatic carbocycles. The number of nitrogens with zero attached hydrogens (tertiary/aromatic N) is 1. The predicted molar refractivity (Wildman–Crippen MR) is 92.3 cm³/mol.